The number of urea groups is 3. The number of methoxy groups -OCH3 is 1. The number of aromatic amines is 3. The molecular formula is C68H57F6N15O8. The fourth-order valence-electron chi connectivity index (χ4n) is 10.0. The van der Waals surface area contributed by atoms with Crippen LogP contribution < -0.4 is 31.9 Å². The van der Waals surface area contributed by atoms with Crippen LogP contribution in [-0.2, 0) is 4.74 Å². The lowest BCUT2D eigenvalue weighted by Gasteiger charge is -2.16. The number of ketones is 1. The Morgan fingerprint density at radius 1 is 0.485 bits per heavy atom. The smallest absolute Gasteiger partial charge is 0.415 e. The predicted octanol–water partition coefficient (Wildman–Crippen LogP) is 13.1. The summed E-state index contributed by atoms with van der Waals surface area (Å²) >= 11 is 0. The zero-order valence-corrected chi connectivity index (χ0v) is 51.4. The number of nitrogens with one attached hydrogen (secondary N) is 9. The van der Waals surface area contributed by atoms with Crippen molar-refractivity contribution in [2.45, 2.75) is 38.9 Å². The number of aromatic nitrogens is 9. The van der Waals surface area contributed by atoms with Gasteiger partial charge in [0.2, 0.25) is 5.78 Å². The molecule has 494 valence electrons. The van der Waals surface area contributed by atoms with E-state index in [4.69, 9.17) is 0 Å². The summed E-state index contributed by atoms with van der Waals surface area (Å²) in [5.41, 5.74) is 3.27. The molecule has 12 aromatic rings. The Morgan fingerprint density at radius 3 is 1.29 bits per heavy atom. The van der Waals surface area contributed by atoms with Gasteiger partial charge in [0.05, 0.1) is 40.9 Å². The molecule has 2 unspecified atom stereocenters. The Balaban J connectivity index is 0.000000158. The fourth-order valence-corrected chi connectivity index (χ4v) is 10.0. The van der Waals surface area contributed by atoms with Crippen molar-refractivity contribution < 1.29 is 65.3 Å². The Bertz CT molecular complexity index is 4870. The van der Waals surface area contributed by atoms with E-state index in [0.29, 0.717) is 70.2 Å². The normalized spacial score (nSPS) is 11.5. The summed E-state index contributed by atoms with van der Waals surface area (Å²) in [7, 11) is 1.05. The third kappa shape index (κ3) is 15.3. The molecule has 7 amide bonds. The molecule has 23 nitrogen and oxygen atoms in total. The Labute approximate surface area is 546 Å². The van der Waals surface area contributed by atoms with Gasteiger partial charge in [0.15, 0.2) is 17.5 Å². The summed E-state index contributed by atoms with van der Waals surface area (Å²) in [6, 6.07) is 19.7. The first-order valence-electron chi connectivity index (χ1n) is 29.6. The number of halogens is 6. The maximum atomic E-state index is 15.1. The number of imide groups is 1. The van der Waals surface area contributed by atoms with Gasteiger partial charge in [0.25, 0.3) is 0 Å². The molecule has 29 heteroatoms. The van der Waals surface area contributed by atoms with Crippen LogP contribution in [0.5, 0.6) is 0 Å². The van der Waals surface area contributed by atoms with E-state index in [-0.39, 0.29) is 28.1 Å². The van der Waals surface area contributed by atoms with E-state index in [0.717, 1.165) is 65.8 Å². The first-order valence-corrected chi connectivity index (χ1v) is 29.6. The Hall–Kier alpha value is -12.4. The molecule has 0 aliphatic rings. The number of aliphatic hydroxyl groups excluding tert-OH is 2. The van der Waals surface area contributed by atoms with E-state index < -0.39 is 99.5 Å². The van der Waals surface area contributed by atoms with Crippen LogP contribution in [0.3, 0.4) is 0 Å². The van der Waals surface area contributed by atoms with E-state index in [2.05, 4.69) is 76.2 Å². The lowest BCUT2D eigenvalue weighted by atomic mass is 9.98. The minimum atomic E-state index is -1.73. The second-order valence-electron chi connectivity index (χ2n) is 21.2. The summed E-state index contributed by atoms with van der Waals surface area (Å²) in [4.78, 5) is 93.7. The van der Waals surface area contributed by atoms with E-state index in [9.17, 15) is 47.4 Å². The first-order chi connectivity index (χ1) is 46.9. The number of H-pyrrole nitrogens is 3. The number of pyridine rings is 6. The topological polar surface area (TPSA) is 332 Å². The highest BCUT2D eigenvalue weighted by molar-refractivity contribution is 6.17. The van der Waals surface area contributed by atoms with E-state index in [1.165, 1.54) is 18.6 Å². The van der Waals surface area contributed by atoms with Crippen LogP contribution in [0, 0.1) is 34.9 Å². The van der Waals surface area contributed by atoms with Gasteiger partial charge in [-0.2, -0.15) is 0 Å². The number of amides is 7. The zero-order valence-electron chi connectivity index (χ0n) is 51.4. The van der Waals surface area contributed by atoms with Crippen molar-refractivity contribution in [3.05, 3.63) is 234 Å². The predicted molar refractivity (Wildman–Crippen MR) is 348 cm³/mol. The largest absolute Gasteiger partial charge is 0.453 e. The SMILES string of the molecule is CCCNC(=O)Nc1ccc(F)c(C(=O)c2c[nH]c3ncc(-c4cccnc4)cc23)c1F.CCCNC(=O)Nc1ccc(F)c(C(O)c2c[nH]c3ncc(-c4cccnc4)cc23)c1F.COC(=O)NC(=O)Nc1ccc(F)c(C(O)c2c[nH]c3ncc(-c4cccnc4)cc23)c1F. The molecule has 0 spiro atoms. The van der Waals surface area contributed by atoms with Crippen LogP contribution in [0.4, 0.5) is 62.6 Å². The number of carbonyl (C=O) groups is 5. The minimum absolute atomic E-state index is 0.0589. The zero-order chi connectivity index (χ0) is 68.9. The Kier molecular flexibility index (Phi) is 21.3. The van der Waals surface area contributed by atoms with Crippen molar-refractivity contribution in [2.24, 2.45) is 0 Å². The number of alkyl carbamates (subject to hydrolysis) is 1. The Morgan fingerprint density at radius 2 is 0.876 bits per heavy atom. The number of aliphatic hydroxyl groups is 2. The van der Waals surface area contributed by atoms with Gasteiger partial charge >= 0.3 is 24.2 Å². The second-order valence-corrected chi connectivity index (χ2v) is 21.2. The highest BCUT2D eigenvalue weighted by atomic mass is 19.2. The number of nitrogens with zero attached hydrogens (tertiary/aromatic N) is 6. The number of anilines is 3. The molecule has 3 aromatic carbocycles. The molecule has 0 radical (unpaired) electrons. The molecule has 9 heterocycles. The third-order valence-corrected chi connectivity index (χ3v) is 14.8. The molecule has 0 saturated carbocycles. The molecule has 0 bridgehead atoms. The van der Waals surface area contributed by atoms with Gasteiger partial charge in [0, 0.05) is 154 Å². The number of ether oxygens (including phenoxy) is 1. The number of fused-ring (bicyclic) bond motifs is 3. The quantitative estimate of drug-likeness (QED) is 0.0317. The number of rotatable bonds is 16. The van der Waals surface area contributed by atoms with Gasteiger partial charge in [-0.15, -0.1) is 0 Å². The second kappa shape index (κ2) is 30.6. The van der Waals surface area contributed by atoms with Gasteiger partial charge in [0.1, 0.15) is 46.6 Å². The molecule has 0 aliphatic carbocycles. The maximum absolute atomic E-state index is 15.1. The van der Waals surface area contributed by atoms with Crippen molar-refractivity contribution >= 4 is 80.1 Å². The molecule has 0 fully saturated rings. The van der Waals surface area contributed by atoms with Crippen molar-refractivity contribution in [3.8, 4) is 33.4 Å². The number of carbonyl (C=O) groups excluding carboxylic acids is 5. The van der Waals surface area contributed by atoms with E-state index in [1.807, 2.05) is 32.0 Å². The molecule has 0 saturated heterocycles. The average molecular weight is 1330 g/mol. The van der Waals surface area contributed by atoms with Gasteiger partial charge in [-0.1, -0.05) is 32.0 Å². The summed E-state index contributed by atoms with van der Waals surface area (Å²) < 4.78 is 93.3. The molecular weight excluding hydrogens is 1270 g/mol. The monoisotopic (exact) mass is 1330 g/mol. The molecule has 12 rings (SSSR count). The standard InChI is InChI=1S/C23H21F2N5O2.C23H19F2N5O2.C22H17F2N5O4/c2*1-2-7-27-23(32)30-18-6-5-17(24)19(20(18)25)21(31)16-12-29-22-15(16)9-14(11-28-22)13-4-3-8-26-10-13;1-33-22(32)29-21(31)28-16-5-4-15(23)17(18(16)24)19(30)14-10-27-20-13(14)7-12(9-26-20)11-3-2-6-25-8-11/h3-6,8-12,21,31H,2,7H2,1H3,(H,28,29)(H2,27,30,32);3-6,8-12H,2,7H2,1H3,(H,28,29)(H2,27,30,32);2-10,19,30H,1H3,(H,26,27)(H2,28,29,31,32). The van der Waals surface area contributed by atoms with Crippen LogP contribution in [-0.4, -0.2) is 105 Å². The average Bonchev–Trinajstić information content (AvgIpc) is 1.73. The van der Waals surface area contributed by atoms with Crippen molar-refractivity contribution in [2.75, 3.05) is 36.1 Å². The van der Waals surface area contributed by atoms with Crippen molar-refractivity contribution in [1.82, 2.24) is 60.8 Å². The van der Waals surface area contributed by atoms with Crippen LogP contribution in [0.15, 0.2) is 165 Å². The highest BCUT2D eigenvalue weighted by Gasteiger charge is 2.29. The molecule has 9 aromatic heterocycles. The number of benzene rings is 3. The first kappa shape index (κ1) is 67.5. The summed E-state index contributed by atoms with van der Waals surface area (Å²) in [6.45, 7) is 4.54. The van der Waals surface area contributed by atoms with E-state index >= 15 is 13.2 Å². The summed E-state index contributed by atoms with van der Waals surface area (Å²) in [5.74, 6) is -7.24. The van der Waals surface area contributed by atoms with Gasteiger partial charge in [-0.05, 0) is 85.6 Å². The van der Waals surface area contributed by atoms with Crippen LogP contribution >= 0.6 is 0 Å². The van der Waals surface area contributed by atoms with Crippen LogP contribution in [0.25, 0.3) is 66.5 Å². The minimum Gasteiger partial charge on any atom is -0.453 e. The summed E-state index contributed by atoms with van der Waals surface area (Å²) in [5, 5.41) is 36.8. The lowest BCUT2D eigenvalue weighted by molar-refractivity contribution is 0.103. The van der Waals surface area contributed by atoms with E-state index in [1.54, 1.807) is 97.5 Å². The third-order valence-electron chi connectivity index (χ3n) is 14.8. The fraction of sp³-hybridized carbons (Fsp3) is 0.132. The lowest BCUT2D eigenvalue weighted by Crippen LogP contribution is -2.34. The molecule has 11 N–H and O–H groups in total. The van der Waals surface area contributed by atoms with Gasteiger partial charge < -0.3 is 56.5 Å². The molecule has 0 aliphatic heterocycles. The maximum Gasteiger partial charge on any atom is 0.415 e. The number of hydrogen-bond acceptors (Lipinski definition) is 14. The van der Waals surface area contributed by atoms with Crippen molar-refractivity contribution in [1.29, 1.82) is 0 Å². The van der Waals surface area contributed by atoms with Crippen molar-refractivity contribution in [3.63, 3.8) is 0 Å². The van der Waals surface area contributed by atoms with Gasteiger partial charge in [-0.3, -0.25) is 19.7 Å². The van der Waals surface area contributed by atoms with Gasteiger partial charge in [-0.25, -0.2) is 65.8 Å². The number of hydrogen-bond donors (Lipinski definition) is 11. The van der Waals surface area contributed by atoms with Crippen LogP contribution in [0.2, 0.25) is 0 Å². The van der Waals surface area contributed by atoms with Crippen LogP contribution in [0.1, 0.15) is 77.1 Å². The highest BCUT2D eigenvalue weighted by Crippen LogP contribution is 2.38. The molecule has 97 heavy (non-hydrogen) atoms. The summed E-state index contributed by atoms with van der Waals surface area (Å²) in [6.07, 6.45) is 15.9. The molecule has 2 atom stereocenters.